The minimum absolute atomic E-state index is 0.164. The molecule has 0 fully saturated rings. The minimum Gasteiger partial charge on any atom is -0.491 e. The summed E-state index contributed by atoms with van der Waals surface area (Å²) in [5.74, 6) is 0.500. The summed E-state index contributed by atoms with van der Waals surface area (Å²) in [6.45, 7) is 7.95. The largest absolute Gasteiger partial charge is 0.491 e. The van der Waals surface area contributed by atoms with E-state index in [2.05, 4.69) is 11.9 Å². The van der Waals surface area contributed by atoms with Gasteiger partial charge in [0.05, 0.1) is 24.5 Å². The molecule has 2 rings (SSSR count). The normalized spacial score (nSPS) is 12.1. The fourth-order valence-electron chi connectivity index (χ4n) is 2.53. The van der Waals surface area contributed by atoms with E-state index in [1.807, 2.05) is 38.1 Å². The van der Waals surface area contributed by atoms with Gasteiger partial charge in [0.15, 0.2) is 0 Å². The molecular formula is C21H26N2O4S. The molecule has 0 saturated carbocycles. The summed E-state index contributed by atoms with van der Waals surface area (Å²) in [5, 5.41) is 2.87. The molecule has 0 aliphatic carbocycles. The van der Waals surface area contributed by atoms with Crippen LogP contribution in [0.15, 0.2) is 61.2 Å². The van der Waals surface area contributed by atoms with Crippen LogP contribution in [0.25, 0.3) is 0 Å². The second-order valence-corrected chi connectivity index (χ2v) is 8.54. The molecule has 1 amide bonds. The number of anilines is 1. The lowest BCUT2D eigenvalue weighted by molar-refractivity contribution is 0.0926. The topological polar surface area (TPSA) is 75.7 Å². The van der Waals surface area contributed by atoms with Gasteiger partial charge in [0.2, 0.25) is 10.0 Å². The average molecular weight is 403 g/mol. The van der Waals surface area contributed by atoms with E-state index in [0.717, 1.165) is 17.6 Å². The summed E-state index contributed by atoms with van der Waals surface area (Å²) in [5.41, 5.74) is 2.08. The number of nitrogens with zero attached hydrogens (tertiary/aromatic N) is 1. The number of nitrogens with one attached hydrogen (secondary N) is 1. The van der Waals surface area contributed by atoms with Gasteiger partial charge in [-0.15, -0.1) is 6.58 Å². The first-order chi connectivity index (χ1) is 13.2. The van der Waals surface area contributed by atoms with Gasteiger partial charge in [0, 0.05) is 5.56 Å². The Morgan fingerprint density at radius 2 is 1.79 bits per heavy atom. The van der Waals surface area contributed by atoms with E-state index >= 15 is 0 Å². The monoisotopic (exact) mass is 402 g/mol. The van der Waals surface area contributed by atoms with E-state index in [1.165, 1.54) is 10.4 Å². The van der Waals surface area contributed by atoms with Gasteiger partial charge in [-0.3, -0.25) is 9.10 Å². The van der Waals surface area contributed by atoms with Gasteiger partial charge in [-0.25, -0.2) is 8.42 Å². The molecule has 1 N–H and O–H groups in total. The highest BCUT2D eigenvalue weighted by Crippen LogP contribution is 2.18. The van der Waals surface area contributed by atoms with Crippen LogP contribution in [0, 0.1) is 6.92 Å². The Bertz CT molecular complexity index is 906. The molecule has 2 aromatic carbocycles. The molecule has 6 nitrogen and oxygen atoms in total. The van der Waals surface area contributed by atoms with Crippen LogP contribution in [-0.4, -0.2) is 39.8 Å². The zero-order valence-corrected chi connectivity index (χ0v) is 17.2. The first-order valence-corrected chi connectivity index (χ1v) is 10.7. The summed E-state index contributed by atoms with van der Waals surface area (Å²) in [7, 11) is -3.42. The van der Waals surface area contributed by atoms with Gasteiger partial charge in [-0.2, -0.15) is 0 Å². The number of ether oxygens (including phenoxy) is 1. The van der Waals surface area contributed by atoms with Crippen LogP contribution in [-0.2, 0) is 10.0 Å². The summed E-state index contributed by atoms with van der Waals surface area (Å²) in [4.78, 5) is 12.4. The Morgan fingerprint density at radius 3 is 2.32 bits per heavy atom. The molecule has 0 radical (unpaired) electrons. The summed E-state index contributed by atoms with van der Waals surface area (Å²) in [6.07, 6.45) is 2.64. The van der Waals surface area contributed by atoms with E-state index < -0.39 is 10.0 Å². The molecule has 0 saturated heterocycles. The molecule has 0 unspecified atom stereocenters. The van der Waals surface area contributed by atoms with Crippen LogP contribution < -0.4 is 14.4 Å². The number of sulfonamides is 1. The molecule has 0 aliphatic heterocycles. The molecule has 1 atom stereocenters. The maximum atomic E-state index is 12.4. The zero-order chi connectivity index (χ0) is 20.7. The zero-order valence-electron chi connectivity index (χ0n) is 16.4. The van der Waals surface area contributed by atoms with Crippen molar-refractivity contribution >= 4 is 21.6 Å². The number of rotatable bonds is 9. The molecule has 7 heteroatoms. The Hall–Kier alpha value is -2.80. The fourth-order valence-corrected chi connectivity index (χ4v) is 3.41. The van der Waals surface area contributed by atoms with Crippen molar-refractivity contribution in [1.82, 2.24) is 5.32 Å². The van der Waals surface area contributed by atoms with Crippen molar-refractivity contribution < 1.29 is 17.9 Å². The number of carbonyl (C=O) groups excluding carboxylic acids is 1. The van der Waals surface area contributed by atoms with Crippen molar-refractivity contribution in [2.24, 2.45) is 0 Å². The summed E-state index contributed by atoms with van der Waals surface area (Å²) >= 11 is 0. The van der Waals surface area contributed by atoms with Crippen molar-refractivity contribution in [1.29, 1.82) is 0 Å². The predicted octanol–water partition coefficient (Wildman–Crippen LogP) is 3.14. The number of hydrogen-bond donors (Lipinski definition) is 1. The fraction of sp³-hybridized carbons (Fsp3) is 0.286. The lowest BCUT2D eigenvalue weighted by Crippen LogP contribution is -2.36. The Balaban J connectivity index is 1.96. The minimum atomic E-state index is -3.42. The van der Waals surface area contributed by atoms with Crippen molar-refractivity contribution in [3.8, 4) is 5.75 Å². The maximum Gasteiger partial charge on any atom is 0.251 e. The van der Waals surface area contributed by atoms with E-state index in [4.69, 9.17) is 4.74 Å². The summed E-state index contributed by atoms with van der Waals surface area (Å²) in [6, 6.07) is 13.9. The van der Waals surface area contributed by atoms with Gasteiger partial charge in [0.25, 0.3) is 5.91 Å². The first-order valence-electron chi connectivity index (χ1n) is 8.89. The van der Waals surface area contributed by atoms with Crippen molar-refractivity contribution in [3.05, 3.63) is 72.3 Å². The number of carbonyl (C=O) groups is 1. The summed E-state index contributed by atoms with van der Waals surface area (Å²) < 4.78 is 30.7. The maximum absolute atomic E-state index is 12.4. The molecule has 0 aliphatic rings. The second-order valence-electron chi connectivity index (χ2n) is 6.63. The van der Waals surface area contributed by atoms with Crippen LogP contribution in [0.2, 0.25) is 0 Å². The number of aryl methyl sites for hydroxylation is 1. The van der Waals surface area contributed by atoms with Crippen molar-refractivity contribution in [2.45, 2.75) is 19.9 Å². The third-order valence-electron chi connectivity index (χ3n) is 4.01. The van der Waals surface area contributed by atoms with Crippen LogP contribution in [0.3, 0.4) is 0 Å². The molecule has 28 heavy (non-hydrogen) atoms. The van der Waals surface area contributed by atoms with Crippen LogP contribution in [0.4, 0.5) is 5.69 Å². The Morgan fingerprint density at radius 1 is 1.18 bits per heavy atom. The number of amides is 1. The molecule has 150 valence electrons. The molecule has 0 heterocycles. The van der Waals surface area contributed by atoms with Crippen LogP contribution in [0.1, 0.15) is 22.8 Å². The van der Waals surface area contributed by atoms with E-state index in [0.29, 0.717) is 17.9 Å². The SMILES string of the molecule is C=CCN(c1ccc(C(=O)N[C@H](C)COc2ccc(C)cc2)cc1)S(C)(=O)=O. The molecule has 2 aromatic rings. The Kier molecular flexibility index (Phi) is 7.23. The van der Waals surface area contributed by atoms with Crippen LogP contribution in [0.5, 0.6) is 5.75 Å². The van der Waals surface area contributed by atoms with Gasteiger partial charge in [-0.1, -0.05) is 23.8 Å². The van der Waals surface area contributed by atoms with Gasteiger partial charge >= 0.3 is 0 Å². The number of hydrogen-bond acceptors (Lipinski definition) is 4. The lowest BCUT2D eigenvalue weighted by atomic mass is 10.2. The van der Waals surface area contributed by atoms with Gasteiger partial charge in [-0.05, 0) is 50.2 Å². The van der Waals surface area contributed by atoms with Crippen LogP contribution >= 0.6 is 0 Å². The van der Waals surface area contributed by atoms with E-state index in [9.17, 15) is 13.2 Å². The number of benzene rings is 2. The van der Waals surface area contributed by atoms with Gasteiger partial charge < -0.3 is 10.1 Å². The highest BCUT2D eigenvalue weighted by Gasteiger charge is 2.17. The van der Waals surface area contributed by atoms with Crippen molar-refractivity contribution in [3.63, 3.8) is 0 Å². The lowest BCUT2D eigenvalue weighted by Gasteiger charge is -2.21. The van der Waals surface area contributed by atoms with E-state index in [-0.39, 0.29) is 18.5 Å². The smallest absolute Gasteiger partial charge is 0.251 e. The third-order valence-corrected chi connectivity index (χ3v) is 5.17. The standard InChI is InChI=1S/C21H26N2O4S/c1-5-14-23(28(4,25)26)19-10-8-18(9-11-19)21(24)22-17(3)15-27-20-12-6-16(2)7-13-20/h5-13,17H,1,14-15H2,2-4H3,(H,22,24)/t17-/m1/s1. The van der Waals surface area contributed by atoms with E-state index in [1.54, 1.807) is 24.3 Å². The van der Waals surface area contributed by atoms with Crippen molar-refractivity contribution in [2.75, 3.05) is 23.7 Å². The molecule has 0 bridgehead atoms. The third kappa shape index (κ3) is 6.13. The first kappa shape index (κ1) is 21.5. The highest BCUT2D eigenvalue weighted by atomic mass is 32.2. The second kappa shape index (κ2) is 9.41. The molecule has 0 spiro atoms. The quantitative estimate of drug-likeness (QED) is 0.654. The molecule has 0 aromatic heterocycles. The van der Waals surface area contributed by atoms with Gasteiger partial charge in [0.1, 0.15) is 12.4 Å². The molecular weight excluding hydrogens is 376 g/mol. The highest BCUT2D eigenvalue weighted by molar-refractivity contribution is 7.92. The Labute approximate surface area is 166 Å². The predicted molar refractivity (Wildman–Crippen MR) is 112 cm³/mol. The average Bonchev–Trinajstić information content (AvgIpc) is 2.65.